The van der Waals surface area contributed by atoms with Gasteiger partial charge in [-0.05, 0) is 25.7 Å². The van der Waals surface area contributed by atoms with Gasteiger partial charge >= 0.3 is 12.1 Å². The van der Waals surface area contributed by atoms with Crippen LogP contribution in [-0.4, -0.2) is 40.8 Å². The first-order chi connectivity index (χ1) is 7.61. The third-order valence-corrected chi connectivity index (χ3v) is 3.51. The van der Waals surface area contributed by atoms with Gasteiger partial charge < -0.3 is 14.7 Å². The summed E-state index contributed by atoms with van der Waals surface area (Å²) in [5, 5.41) is 8.56. The Hall–Kier alpha value is -1.26. The number of carbonyl (C=O) groups is 2. The van der Waals surface area contributed by atoms with Gasteiger partial charge in [0.25, 0.3) is 0 Å². The van der Waals surface area contributed by atoms with Crippen molar-refractivity contribution in [3.8, 4) is 0 Å². The average Bonchev–Trinajstić information content (AvgIpc) is 2.65. The molecule has 1 amide bonds. The van der Waals surface area contributed by atoms with Crippen LogP contribution < -0.4 is 0 Å². The number of ether oxygens (including phenoxy) is 1. The predicted octanol–water partition coefficient (Wildman–Crippen LogP) is 1.62. The Labute approximate surface area is 94.4 Å². The summed E-state index contributed by atoms with van der Waals surface area (Å²) < 4.78 is 5.47. The molecule has 0 aromatic carbocycles. The lowest BCUT2D eigenvalue weighted by Crippen LogP contribution is -2.48. The van der Waals surface area contributed by atoms with E-state index < -0.39 is 5.97 Å². The largest absolute Gasteiger partial charge is 0.481 e. The molecule has 1 saturated heterocycles. The van der Waals surface area contributed by atoms with Gasteiger partial charge in [0, 0.05) is 19.5 Å². The first-order valence-electron chi connectivity index (χ1n) is 5.81. The van der Waals surface area contributed by atoms with Crippen molar-refractivity contribution in [3.63, 3.8) is 0 Å². The molecule has 1 aliphatic carbocycles. The molecule has 5 nitrogen and oxygen atoms in total. The molecule has 5 heteroatoms. The SMILES string of the molecule is O=C(O)CCN1CCC2(CCCC2)OC1=O. The second kappa shape index (κ2) is 4.31. The van der Waals surface area contributed by atoms with E-state index in [0.717, 1.165) is 32.1 Å². The lowest BCUT2D eigenvalue weighted by molar-refractivity contribution is -0.137. The van der Waals surface area contributed by atoms with Gasteiger partial charge in [-0.2, -0.15) is 0 Å². The van der Waals surface area contributed by atoms with Gasteiger partial charge in [-0.1, -0.05) is 0 Å². The summed E-state index contributed by atoms with van der Waals surface area (Å²) in [5.74, 6) is -0.881. The Bertz CT molecular complexity index is 296. The normalized spacial score (nSPS) is 23.5. The molecule has 1 N–H and O–H groups in total. The molecule has 1 saturated carbocycles. The van der Waals surface area contributed by atoms with E-state index in [-0.39, 0.29) is 24.7 Å². The summed E-state index contributed by atoms with van der Waals surface area (Å²) in [4.78, 5) is 23.6. The zero-order chi connectivity index (χ0) is 11.6. The van der Waals surface area contributed by atoms with E-state index in [1.165, 1.54) is 4.90 Å². The maximum Gasteiger partial charge on any atom is 0.410 e. The molecule has 1 spiro atoms. The van der Waals surface area contributed by atoms with Crippen molar-refractivity contribution in [1.29, 1.82) is 0 Å². The molecule has 2 aliphatic rings. The summed E-state index contributed by atoms with van der Waals surface area (Å²) in [6.07, 6.45) is 4.68. The Kier molecular flexibility index (Phi) is 3.03. The summed E-state index contributed by atoms with van der Waals surface area (Å²) in [7, 11) is 0. The number of carboxylic acid groups (broad SMARTS) is 1. The monoisotopic (exact) mass is 227 g/mol. The number of nitrogens with zero attached hydrogens (tertiary/aromatic N) is 1. The smallest absolute Gasteiger partial charge is 0.410 e. The van der Waals surface area contributed by atoms with Crippen LogP contribution in [0.4, 0.5) is 4.79 Å². The molecule has 0 atom stereocenters. The van der Waals surface area contributed by atoms with Crippen LogP contribution in [0.3, 0.4) is 0 Å². The first-order valence-corrected chi connectivity index (χ1v) is 5.81. The summed E-state index contributed by atoms with van der Waals surface area (Å²) in [6.45, 7) is 0.885. The second-order valence-electron chi connectivity index (χ2n) is 4.64. The van der Waals surface area contributed by atoms with Crippen molar-refractivity contribution in [2.75, 3.05) is 13.1 Å². The molecule has 1 aliphatic heterocycles. The maximum absolute atomic E-state index is 11.7. The van der Waals surface area contributed by atoms with Gasteiger partial charge in [-0.25, -0.2) is 4.79 Å². The van der Waals surface area contributed by atoms with E-state index in [4.69, 9.17) is 9.84 Å². The molecule has 2 fully saturated rings. The highest BCUT2D eigenvalue weighted by Crippen LogP contribution is 2.38. The Morgan fingerprint density at radius 1 is 1.38 bits per heavy atom. The molecule has 0 aromatic rings. The zero-order valence-electron chi connectivity index (χ0n) is 9.28. The van der Waals surface area contributed by atoms with Gasteiger partial charge in [0.1, 0.15) is 5.60 Å². The number of hydrogen-bond donors (Lipinski definition) is 1. The lowest BCUT2D eigenvalue weighted by Gasteiger charge is -2.38. The van der Waals surface area contributed by atoms with E-state index >= 15 is 0 Å². The highest BCUT2D eigenvalue weighted by Gasteiger charge is 2.42. The molecule has 0 radical (unpaired) electrons. The number of rotatable bonds is 3. The van der Waals surface area contributed by atoms with E-state index in [1.807, 2.05) is 0 Å². The number of aliphatic carboxylic acids is 1. The number of carboxylic acids is 1. The third-order valence-electron chi connectivity index (χ3n) is 3.51. The minimum Gasteiger partial charge on any atom is -0.481 e. The first kappa shape index (κ1) is 11.2. The number of amides is 1. The molecule has 1 heterocycles. The van der Waals surface area contributed by atoms with Crippen molar-refractivity contribution in [2.24, 2.45) is 0 Å². The van der Waals surface area contributed by atoms with Crippen LogP contribution in [0.1, 0.15) is 38.5 Å². The number of hydrogen-bond acceptors (Lipinski definition) is 3. The quantitative estimate of drug-likeness (QED) is 0.795. The van der Waals surface area contributed by atoms with Gasteiger partial charge in [-0.3, -0.25) is 4.79 Å². The van der Waals surface area contributed by atoms with E-state index in [9.17, 15) is 9.59 Å². The van der Waals surface area contributed by atoms with Crippen LogP contribution in [0.25, 0.3) is 0 Å². The van der Waals surface area contributed by atoms with E-state index in [0.29, 0.717) is 6.54 Å². The van der Waals surface area contributed by atoms with Crippen molar-refractivity contribution >= 4 is 12.1 Å². The van der Waals surface area contributed by atoms with Crippen molar-refractivity contribution in [1.82, 2.24) is 4.90 Å². The van der Waals surface area contributed by atoms with Crippen molar-refractivity contribution in [3.05, 3.63) is 0 Å². The molecule has 0 aromatic heterocycles. The maximum atomic E-state index is 11.7. The minimum atomic E-state index is -0.881. The van der Waals surface area contributed by atoms with Gasteiger partial charge in [0.05, 0.1) is 6.42 Å². The zero-order valence-corrected chi connectivity index (χ0v) is 9.28. The molecular formula is C11H17NO4. The fraction of sp³-hybridized carbons (Fsp3) is 0.818. The molecule has 0 bridgehead atoms. The van der Waals surface area contributed by atoms with Gasteiger partial charge in [-0.15, -0.1) is 0 Å². The van der Waals surface area contributed by atoms with Crippen molar-refractivity contribution in [2.45, 2.75) is 44.1 Å². The van der Waals surface area contributed by atoms with Crippen LogP contribution in [0.5, 0.6) is 0 Å². The Balaban J connectivity index is 1.87. The van der Waals surface area contributed by atoms with E-state index in [1.54, 1.807) is 0 Å². The highest BCUT2D eigenvalue weighted by atomic mass is 16.6. The van der Waals surface area contributed by atoms with E-state index in [2.05, 4.69) is 0 Å². The van der Waals surface area contributed by atoms with Gasteiger partial charge in [0.15, 0.2) is 0 Å². The van der Waals surface area contributed by atoms with Crippen LogP contribution in [0, 0.1) is 0 Å². The molecule has 16 heavy (non-hydrogen) atoms. The molecular weight excluding hydrogens is 210 g/mol. The summed E-state index contributed by atoms with van der Waals surface area (Å²) in [5.41, 5.74) is -0.225. The average molecular weight is 227 g/mol. The highest BCUT2D eigenvalue weighted by molar-refractivity contribution is 5.71. The molecule has 2 rings (SSSR count). The summed E-state index contributed by atoms with van der Waals surface area (Å²) in [6, 6.07) is 0. The summed E-state index contributed by atoms with van der Waals surface area (Å²) >= 11 is 0. The standard InChI is InChI=1S/C11H17NO4/c13-9(14)3-7-12-8-6-11(16-10(12)15)4-1-2-5-11/h1-8H2,(H,13,14). The van der Waals surface area contributed by atoms with Crippen LogP contribution >= 0.6 is 0 Å². The predicted molar refractivity (Wildman–Crippen MR) is 56.1 cm³/mol. The van der Waals surface area contributed by atoms with Gasteiger partial charge in [0.2, 0.25) is 0 Å². The molecule has 0 unspecified atom stereocenters. The topological polar surface area (TPSA) is 66.8 Å². The van der Waals surface area contributed by atoms with Crippen LogP contribution in [0.15, 0.2) is 0 Å². The van der Waals surface area contributed by atoms with Crippen molar-refractivity contribution < 1.29 is 19.4 Å². The Morgan fingerprint density at radius 2 is 2.06 bits per heavy atom. The fourth-order valence-electron chi connectivity index (χ4n) is 2.54. The van der Waals surface area contributed by atoms with Crippen LogP contribution in [0.2, 0.25) is 0 Å². The van der Waals surface area contributed by atoms with Crippen LogP contribution in [-0.2, 0) is 9.53 Å². The Morgan fingerprint density at radius 3 is 2.62 bits per heavy atom. The number of carbonyl (C=O) groups excluding carboxylic acids is 1. The molecule has 90 valence electrons. The third kappa shape index (κ3) is 2.28. The fourth-order valence-corrected chi connectivity index (χ4v) is 2.54. The minimum absolute atomic E-state index is 0.0118. The second-order valence-corrected chi connectivity index (χ2v) is 4.64. The lowest BCUT2D eigenvalue weighted by atomic mass is 9.96.